The van der Waals surface area contributed by atoms with Gasteiger partial charge < -0.3 is 16.4 Å². The molecule has 0 rings (SSSR count). The summed E-state index contributed by atoms with van der Waals surface area (Å²) in [6, 6.07) is 0. The largest absolute Gasteiger partial charge is 0.355 e. The van der Waals surface area contributed by atoms with Crippen LogP contribution in [0.15, 0.2) is 0 Å². The number of nitrogens with two attached hydrogens (primary N) is 1. The average molecular weight is 244 g/mol. The monoisotopic (exact) mass is 244 g/mol. The number of amides is 2. The Bertz CT molecular complexity index is 244. The molecule has 0 aromatic heterocycles. The predicted molar refractivity (Wildman–Crippen MR) is 67.4 cm³/mol. The number of nitrogens with one attached hydrogen (secondary N) is 2. The Balaban J connectivity index is 3.73. The molecule has 2 amide bonds. The van der Waals surface area contributed by atoms with Gasteiger partial charge in [0.2, 0.25) is 11.8 Å². The number of carbonyl (C=O) groups is 2. The molecule has 0 atom stereocenters. The molecule has 17 heavy (non-hydrogen) atoms. The van der Waals surface area contributed by atoms with Gasteiger partial charge in [0, 0.05) is 19.6 Å². The molecule has 6 heteroatoms. The molecule has 0 aliphatic carbocycles. The second-order valence-electron chi connectivity index (χ2n) is 4.51. The van der Waals surface area contributed by atoms with Crippen molar-refractivity contribution in [1.82, 2.24) is 15.5 Å². The second kappa shape index (κ2) is 8.95. The Hall–Kier alpha value is -1.14. The summed E-state index contributed by atoms with van der Waals surface area (Å²) < 4.78 is 0. The molecular formula is C11H24N4O2. The third kappa shape index (κ3) is 9.77. The zero-order valence-corrected chi connectivity index (χ0v) is 11.0. The highest BCUT2D eigenvalue weighted by Gasteiger charge is 2.10. The maximum absolute atomic E-state index is 11.4. The number of hydrogen-bond acceptors (Lipinski definition) is 4. The van der Waals surface area contributed by atoms with Crippen molar-refractivity contribution in [2.75, 3.05) is 39.8 Å². The van der Waals surface area contributed by atoms with Gasteiger partial charge in [-0.25, -0.2) is 0 Å². The molecule has 0 bridgehead atoms. The summed E-state index contributed by atoms with van der Waals surface area (Å²) >= 11 is 0. The molecular weight excluding hydrogens is 220 g/mol. The van der Waals surface area contributed by atoms with Crippen molar-refractivity contribution in [2.45, 2.75) is 13.8 Å². The van der Waals surface area contributed by atoms with Gasteiger partial charge in [0.15, 0.2) is 0 Å². The SMILES string of the molecule is CC(C)CNC(=O)CN(C)CC(=O)NCCN. The fourth-order valence-electron chi connectivity index (χ4n) is 1.19. The molecule has 0 spiro atoms. The maximum Gasteiger partial charge on any atom is 0.234 e. The summed E-state index contributed by atoms with van der Waals surface area (Å²) in [5, 5.41) is 5.45. The van der Waals surface area contributed by atoms with E-state index in [4.69, 9.17) is 5.73 Å². The molecule has 0 aliphatic heterocycles. The van der Waals surface area contributed by atoms with E-state index in [1.54, 1.807) is 11.9 Å². The Labute approximate surface area is 103 Å². The summed E-state index contributed by atoms with van der Waals surface area (Å²) in [7, 11) is 1.73. The number of likely N-dealkylation sites (N-methyl/N-ethyl adjacent to an activating group) is 1. The van der Waals surface area contributed by atoms with Crippen LogP contribution < -0.4 is 16.4 Å². The van der Waals surface area contributed by atoms with Crippen molar-refractivity contribution in [3.05, 3.63) is 0 Å². The molecule has 0 aromatic rings. The summed E-state index contributed by atoms with van der Waals surface area (Å²) in [5.41, 5.74) is 5.26. The number of carbonyl (C=O) groups excluding carboxylic acids is 2. The maximum atomic E-state index is 11.4. The van der Waals surface area contributed by atoms with Crippen molar-refractivity contribution in [3.8, 4) is 0 Å². The van der Waals surface area contributed by atoms with E-state index < -0.39 is 0 Å². The number of nitrogens with zero attached hydrogens (tertiary/aromatic N) is 1. The fourth-order valence-corrected chi connectivity index (χ4v) is 1.19. The van der Waals surface area contributed by atoms with E-state index >= 15 is 0 Å². The van der Waals surface area contributed by atoms with E-state index in [9.17, 15) is 9.59 Å². The van der Waals surface area contributed by atoms with Gasteiger partial charge >= 0.3 is 0 Å². The van der Waals surface area contributed by atoms with Crippen molar-refractivity contribution in [2.24, 2.45) is 11.7 Å². The normalized spacial score (nSPS) is 10.7. The third-order valence-electron chi connectivity index (χ3n) is 2.00. The molecule has 0 saturated heterocycles. The van der Waals surface area contributed by atoms with Gasteiger partial charge in [0.25, 0.3) is 0 Å². The van der Waals surface area contributed by atoms with Crippen LogP contribution in [0.1, 0.15) is 13.8 Å². The van der Waals surface area contributed by atoms with Gasteiger partial charge in [-0.05, 0) is 13.0 Å². The molecule has 0 heterocycles. The fraction of sp³-hybridized carbons (Fsp3) is 0.818. The highest BCUT2D eigenvalue weighted by Crippen LogP contribution is 1.88. The first-order chi connectivity index (χ1) is 7.95. The molecule has 0 fully saturated rings. The summed E-state index contributed by atoms with van der Waals surface area (Å²) in [6.45, 7) is 6.04. The smallest absolute Gasteiger partial charge is 0.234 e. The van der Waals surface area contributed by atoms with Crippen LogP contribution in [0.5, 0.6) is 0 Å². The van der Waals surface area contributed by atoms with E-state index in [2.05, 4.69) is 10.6 Å². The first-order valence-electron chi connectivity index (χ1n) is 5.87. The van der Waals surface area contributed by atoms with Crippen LogP contribution in [-0.4, -0.2) is 56.5 Å². The van der Waals surface area contributed by atoms with Crippen LogP contribution >= 0.6 is 0 Å². The lowest BCUT2D eigenvalue weighted by Gasteiger charge is -2.16. The van der Waals surface area contributed by atoms with Crippen LogP contribution in [0, 0.1) is 5.92 Å². The topological polar surface area (TPSA) is 87.5 Å². The molecule has 0 unspecified atom stereocenters. The standard InChI is InChI=1S/C11H24N4O2/c1-9(2)6-14-11(17)8-15(3)7-10(16)13-5-4-12/h9H,4-8,12H2,1-3H3,(H,13,16)(H,14,17). The van der Waals surface area contributed by atoms with E-state index in [-0.39, 0.29) is 24.9 Å². The van der Waals surface area contributed by atoms with Crippen LogP contribution in [0.3, 0.4) is 0 Å². The van der Waals surface area contributed by atoms with Crippen LogP contribution in [0.25, 0.3) is 0 Å². The minimum absolute atomic E-state index is 0.0622. The zero-order chi connectivity index (χ0) is 13.3. The van der Waals surface area contributed by atoms with Gasteiger partial charge in [0.05, 0.1) is 13.1 Å². The molecule has 0 aromatic carbocycles. The minimum atomic E-state index is -0.116. The van der Waals surface area contributed by atoms with E-state index in [1.165, 1.54) is 0 Å². The lowest BCUT2D eigenvalue weighted by molar-refractivity contribution is -0.124. The summed E-state index contributed by atoms with van der Waals surface area (Å²) in [4.78, 5) is 24.4. The molecule has 4 N–H and O–H groups in total. The van der Waals surface area contributed by atoms with Gasteiger partial charge in [-0.2, -0.15) is 0 Å². The second-order valence-corrected chi connectivity index (χ2v) is 4.51. The predicted octanol–water partition coefficient (Wildman–Crippen LogP) is -1.23. The highest BCUT2D eigenvalue weighted by atomic mass is 16.2. The lowest BCUT2D eigenvalue weighted by Crippen LogP contribution is -2.42. The quantitative estimate of drug-likeness (QED) is 0.499. The van der Waals surface area contributed by atoms with E-state index in [1.807, 2.05) is 13.8 Å². The molecule has 0 radical (unpaired) electrons. The van der Waals surface area contributed by atoms with Crippen molar-refractivity contribution in [3.63, 3.8) is 0 Å². The molecule has 0 saturated carbocycles. The molecule has 6 nitrogen and oxygen atoms in total. The minimum Gasteiger partial charge on any atom is -0.355 e. The third-order valence-corrected chi connectivity index (χ3v) is 2.00. The Morgan fingerprint density at radius 1 is 1.18 bits per heavy atom. The average Bonchev–Trinajstić information content (AvgIpc) is 2.23. The Morgan fingerprint density at radius 3 is 2.18 bits per heavy atom. The van der Waals surface area contributed by atoms with Gasteiger partial charge in [-0.15, -0.1) is 0 Å². The Morgan fingerprint density at radius 2 is 1.71 bits per heavy atom. The number of hydrogen-bond donors (Lipinski definition) is 3. The summed E-state index contributed by atoms with van der Waals surface area (Å²) in [6.07, 6.45) is 0. The number of rotatable bonds is 8. The van der Waals surface area contributed by atoms with Crippen LogP contribution in [0.4, 0.5) is 0 Å². The lowest BCUT2D eigenvalue weighted by atomic mass is 10.2. The van der Waals surface area contributed by atoms with E-state index in [0.29, 0.717) is 25.6 Å². The van der Waals surface area contributed by atoms with Crippen molar-refractivity contribution < 1.29 is 9.59 Å². The van der Waals surface area contributed by atoms with Crippen LogP contribution in [-0.2, 0) is 9.59 Å². The van der Waals surface area contributed by atoms with E-state index in [0.717, 1.165) is 0 Å². The molecule has 0 aliphatic rings. The molecule has 100 valence electrons. The van der Waals surface area contributed by atoms with Gasteiger partial charge in [0.1, 0.15) is 0 Å². The Kier molecular flexibility index (Phi) is 8.35. The zero-order valence-electron chi connectivity index (χ0n) is 11.0. The first kappa shape index (κ1) is 15.9. The summed E-state index contributed by atoms with van der Waals surface area (Å²) in [5.74, 6) is 0.250. The highest BCUT2D eigenvalue weighted by molar-refractivity contribution is 5.81. The van der Waals surface area contributed by atoms with Crippen molar-refractivity contribution >= 4 is 11.8 Å². The van der Waals surface area contributed by atoms with Crippen LogP contribution in [0.2, 0.25) is 0 Å². The first-order valence-corrected chi connectivity index (χ1v) is 5.87. The van der Waals surface area contributed by atoms with Gasteiger partial charge in [-0.3, -0.25) is 14.5 Å². The van der Waals surface area contributed by atoms with Gasteiger partial charge in [-0.1, -0.05) is 13.8 Å². The van der Waals surface area contributed by atoms with Crippen molar-refractivity contribution in [1.29, 1.82) is 0 Å².